The number of nitrogen functional groups attached to an aromatic ring is 1. The quantitative estimate of drug-likeness (QED) is 0.495. The number of ether oxygens (including phenoxy) is 1. The number of carbonyl (C=O) groups excluding carboxylic acids is 1. The maximum absolute atomic E-state index is 13.3. The summed E-state index contributed by atoms with van der Waals surface area (Å²) in [4.78, 5) is 26.2. The van der Waals surface area contributed by atoms with Crippen LogP contribution < -0.4 is 11.5 Å². The Labute approximate surface area is 198 Å². The van der Waals surface area contributed by atoms with Crippen molar-refractivity contribution in [2.45, 2.75) is 62.4 Å². The molecule has 0 radical (unpaired) electrons. The van der Waals surface area contributed by atoms with E-state index in [1.54, 1.807) is 18.6 Å². The zero-order valence-electron chi connectivity index (χ0n) is 18.9. The Morgan fingerprint density at radius 3 is 2.82 bits per heavy atom. The molecular weight excluding hydrogens is 430 g/mol. The van der Waals surface area contributed by atoms with E-state index in [1.807, 2.05) is 36.4 Å². The predicted octanol–water partition coefficient (Wildman–Crippen LogP) is 3.01. The summed E-state index contributed by atoms with van der Waals surface area (Å²) in [6.07, 6.45) is 8.23. The molecule has 5 N–H and O–H groups in total. The van der Waals surface area contributed by atoms with Gasteiger partial charge < -0.3 is 21.3 Å². The van der Waals surface area contributed by atoms with Gasteiger partial charge in [0.2, 0.25) is 0 Å². The number of fused-ring (bicyclic) bond motifs is 1. The van der Waals surface area contributed by atoms with Crippen LogP contribution in [0.25, 0.3) is 11.3 Å². The second-order valence-corrected chi connectivity index (χ2v) is 9.22. The third-order valence-corrected chi connectivity index (χ3v) is 7.06. The van der Waals surface area contributed by atoms with Crippen LogP contribution in [0.5, 0.6) is 0 Å². The molecule has 2 aromatic heterocycles. The second-order valence-electron chi connectivity index (χ2n) is 9.22. The van der Waals surface area contributed by atoms with Crippen molar-refractivity contribution < 1.29 is 14.6 Å². The fourth-order valence-electron chi connectivity index (χ4n) is 5.16. The number of aliphatic hydroxyl groups is 1. The lowest BCUT2D eigenvalue weighted by Crippen LogP contribution is -2.62. The van der Waals surface area contributed by atoms with Crippen molar-refractivity contribution in [2.75, 3.05) is 5.73 Å². The maximum atomic E-state index is 13.3. The van der Waals surface area contributed by atoms with E-state index in [0.29, 0.717) is 18.5 Å². The molecule has 8 nitrogen and oxygen atoms in total. The van der Waals surface area contributed by atoms with Crippen LogP contribution in [-0.4, -0.2) is 43.6 Å². The second kappa shape index (κ2) is 9.21. The zero-order chi connectivity index (χ0) is 23.7. The first kappa shape index (κ1) is 22.6. The summed E-state index contributed by atoms with van der Waals surface area (Å²) in [7, 11) is 0. The van der Waals surface area contributed by atoms with Crippen molar-refractivity contribution in [1.29, 1.82) is 0 Å². The van der Waals surface area contributed by atoms with E-state index in [0.717, 1.165) is 36.0 Å². The molecule has 0 spiro atoms. The highest BCUT2D eigenvalue weighted by molar-refractivity contribution is 5.99. The molecule has 2 aliphatic rings. The molecule has 34 heavy (non-hydrogen) atoms. The van der Waals surface area contributed by atoms with Gasteiger partial charge in [0.15, 0.2) is 11.6 Å². The average Bonchev–Trinajstić information content (AvgIpc) is 2.85. The molecule has 0 amide bonds. The Morgan fingerprint density at radius 2 is 2.00 bits per heavy atom. The normalized spacial score (nSPS) is 26.6. The highest BCUT2D eigenvalue weighted by Gasteiger charge is 2.50. The van der Waals surface area contributed by atoms with Crippen LogP contribution in [0.4, 0.5) is 5.82 Å². The van der Waals surface area contributed by atoms with Gasteiger partial charge in [-0.1, -0.05) is 43.2 Å². The number of nitrogens with two attached hydrogens (primary N) is 2. The van der Waals surface area contributed by atoms with E-state index < -0.39 is 11.6 Å². The monoisotopic (exact) mass is 459 g/mol. The van der Waals surface area contributed by atoms with Crippen molar-refractivity contribution in [3.05, 3.63) is 71.8 Å². The fourth-order valence-corrected chi connectivity index (χ4v) is 5.16. The lowest BCUT2D eigenvalue weighted by Gasteiger charge is -2.49. The van der Waals surface area contributed by atoms with E-state index in [1.165, 1.54) is 0 Å². The molecule has 3 heterocycles. The molecule has 1 aliphatic heterocycles. The van der Waals surface area contributed by atoms with Crippen molar-refractivity contribution in [3.8, 4) is 11.3 Å². The van der Waals surface area contributed by atoms with Gasteiger partial charge in [0.05, 0.1) is 24.1 Å². The SMILES string of the molecule is Nc1ncc(-c2ccccc2)nc1C(=O)Cc1cnccc1[C@@H]1C[C@H](N)[C@]2(O)CCCC[C@@H]2O1. The van der Waals surface area contributed by atoms with Crippen molar-refractivity contribution in [2.24, 2.45) is 5.73 Å². The van der Waals surface area contributed by atoms with E-state index in [-0.39, 0.29) is 35.9 Å². The summed E-state index contributed by atoms with van der Waals surface area (Å²) in [5.41, 5.74) is 14.7. The van der Waals surface area contributed by atoms with E-state index in [4.69, 9.17) is 16.2 Å². The molecule has 176 valence electrons. The summed E-state index contributed by atoms with van der Waals surface area (Å²) in [5.74, 6) is -0.148. The number of ketones is 1. The van der Waals surface area contributed by atoms with Crippen molar-refractivity contribution >= 4 is 11.6 Å². The smallest absolute Gasteiger partial charge is 0.189 e. The van der Waals surface area contributed by atoms with Gasteiger partial charge in [0.25, 0.3) is 0 Å². The molecule has 1 aromatic carbocycles. The minimum Gasteiger partial charge on any atom is -0.386 e. The molecule has 1 saturated carbocycles. The summed E-state index contributed by atoms with van der Waals surface area (Å²) in [6, 6.07) is 11.0. The molecule has 8 heteroatoms. The molecule has 0 bridgehead atoms. The van der Waals surface area contributed by atoms with Crippen LogP contribution in [0.15, 0.2) is 55.0 Å². The van der Waals surface area contributed by atoms with Crippen LogP contribution in [-0.2, 0) is 11.2 Å². The Kier molecular flexibility index (Phi) is 6.12. The van der Waals surface area contributed by atoms with Gasteiger partial charge in [-0.2, -0.15) is 0 Å². The van der Waals surface area contributed by atoms with Gasteiger partial charge in [0, 0.05) is 30.4 Å². The Bertz CT molecular complexity index is 1190. The number of benzene rings is 1. The minimum atomic E-state index is -0.986. The van der Waals surface area contributed by atoms with Gasteiger partial charge in [-0.3, -0.25) is 9.78 Å². The lowest BCUT2D eigenvalue weighted by molar-refractivity contribution is -0.202. The van der Waals surface area contributed by atoms with Gasteiger partial charge in [0.1, 0.15) is 11.3 Å². The highest BCUT2D eigenvalue weighted by Crippen LogP contribution is 2.43. The van der Waals surface area contributed by atoms with Crippen LogP contribution in [0.1, 0.15) is 59.8 Å². The minimum absolute atomic E-state index is 0.0599. The highest BCUT2D eigenvalue weighted by atomic mass is 16.5. The Balaban J connectivity index is 1.40. The molecule has 5 rings (SSSR count). The molecule has 2 fully saturated rings. The lowest BCUT2D eigenvalue weighted by atomic mass is 9.73. The third-order valence-electron chi connectivity index (χ3n) is 7.06. The summed E-state index contributed by atoms with van der Waals surface area (Å²) < 4.78 is 6.36. The number of nitrogens with zero attached hydrogens (tertiary/aromatic N) is 3. The molecular formula is C26H29N5O3. The summed E-state index contributed by atoms with van der Waals surface area (Å²) in [6.45, 7) is 0. The van der Waals surface area contributed by atoms with Crippen molar-refractivity contribution in [1.82, 2.24) is 15.0 Å². The number of Topliss-reactive ketones (excluding diaryl/α,β-unsaturated/α-hetero) is 1. The fraction of sp³-hybridized carbons (Fsp3) is 0.385. The van der Waals surface area contributed by atoms with E-state index in [9.17, 15) is 9.90 Å². The molecule has 1 aliphatic carbocycles. The first-order chi connectivity index (χ1) is 16.5. The van der Waals surface area contributed by atoms with Gasteiger partial charge >= 0.3 is 0 Å². The molecule has 3 aromatic rings. The number of carbonyl (C=O) groups is 1. The summed E-state index contributed by atoms with van der Waals surface area (Å²) >= 11 is 0. The first-order valence-corrected chi connectivity index (χ1v) is 11.7. The summed E-state index contributed by atoms with van der Waals surface area (Å²) in [5, 5.41) is 11.1. The van der Waals surface area contributed by atoms with Crippen LogP contribution >= 0.6 is 0 Å². The number of pyridine rings is 1. The van der Waals surface area contributed by atoms with Crippen LogP contribution in [0, 0.1) is 0 Å². The maximum Gasteiger partial charge on any atom is 0.189 e. The first-order valence-electron chi connectivity index (χ1n) is 11.7. The number of hydrogen-bond acceptors (Lipinski definition) is 8. The standard InChI is InChI=1S/C26H29N5O3/c27-22-13-21(34-23-8-4-5-10-26(22,23)33)18-9-11-29-14-17(18)12-20(32)24-25(28)30-15-19(31-24)16-6-2-1-3-7-16/h1-3,6-7,9,11,14-15,21-23,33H,4-5,8,10,12-13,27H2,(H2,28,30)/t21-,22-,23-,26+/m0/s1. The van der Waals surface area contributed by atoms with Gasteiger partial charge in [-0.25, -0.2) is 9.97 Å². The zero-order valence-corrected chi connectivity index (χ0v) is 18.9. The molecule has 1 saturated heterocycles. The number of anilines is 1. The number of aromatic nitrogens is 3. The Hall–Kier alpha value is -3.20. The van der Waals surface area contributed by atoms with Gasteiger partial charge in [-0.15, -0.1) is 0 Å². The van der Waals surface area contributed by atoms with E-state index in [2.05, 4.69) is 15.0 Å². The van der Waals surface area contributed by atoms with Gasteiger partial charge in [-0.05, 0) is 36.5 Å². The Morgan fingerprint density at radius 1 is 1.18 bits per heavy atom. The largest absolute Gasteiger partial charge is 0.386 e. The average molecular weight is 460 g/mol. The number of rotatable bonds is 5. The third kappa shape index (κ3) is 4.20. The van der Waals surface area contributed by atoms with Crippen LogP contribution in [0.2, 0.25) is 0 Å². The van der Waals surface area contributed by atoms with Crippen molar-refractivity contribution in [3.63, 3.8) is 0 Å². The number of hydrogen-bond donors (Lipinski definition) is 3. The van der Waals surface area contributed by atoms with Crippen LogP contribution in [0.3, 0.4) is 0 Å². The topological polar surface area (TPSA) is 137 Å². The van der Waals surface area contributed by atoms with E-state index >= 15 is 0 Å². The predicted molar refractivity (Wildman–Crippen MR) is 128 cm³/mol. The molecule has 4 atom stereocenters. The molecule has 0 unspecified atom stereocenters.